The summed E-state index contributed by atoms with van der Waals surface area (Å²) in [6.07, 6.45) is 4.29. The molecule has 0 radical (unpaired) electrons. The molecule has 0 aliphatic carbocycles. The van der Waals surface area contributed by atoms with Gasteiger partial charge >= 0.3 is 0 Å². The third kappa shape index (κ3) is 4.30. The van der Waals surface area contributed by atoms with Crippen molar-refractivity contribution in [1.82, 2.24) is 14.8 Å². The molecule has 2 saturated heterocycles. The Labute approximate surface area is 187 Å². The van der Waals surface area contributed by atoms with Crippen LogP contribution < -0.4 is 10.5 Å². The molecule has 0 spiro atoms. The highest BCUT2D eigenvalue weighted by Gasteiger charge is 2.45. The molecule has 1 aromatic heterocycles. The zero-order chi connectivity index (χ0) is 22.6. The number of para-hydroxylation sites is 1. The van der Waals surface area contributed by atoms with Crippen molar-refractivity contribution in [2.24, 2.45) is 5.73 Å². The van der Waals surface area contributed by atoms with Gasteiger partial charge in [-0.1, -0.05) is 18.2 Å². The molecule has 32 heavy (non-hydrogen) atoms. The van der Waals surface area contributed by atoms with Gasteiger partial charge in [-0.3, -0.25) is 19.4 Å². The maximum absolute atomic E-state index is 13.4. The normalized spacial score (nSPS) is 20.9. The summed E-state index contributed by atoms with van der Waals surface area (Å²) >= 11 is 0. The zero-order valence-electron chi connectivity index (χ0n) is 18.0. The minimum Gasteiger partial charge on any atom is -0.491 e. The van der Waals surface area contributed by atoms with Gasteiger partial charge in [-0.25, -0.2) is 0 Å². The Morgan fingerprint density at radius 1 is 1.09 bits per heavy atom. The minimum atomic E-state index is -1.01. The highest BCUT2D eigenvalue weighted by molar-refractivity contribution is 5.98. The van der Waals surface area contributed by atoms with Crippen LogP contribution >= 0.6 is 0 Å². The molecule has 8 heteroatoms. The fraction of sp³-hybridized carbons (Fsp3) is 0.417. The second-order valence-electron chi connectivity index (χ2n) is 8.32. The van der Waals surface area contributed by atoms with E-state index in [1.165, 1.54) is 0 Å². The van der Waals surface area contributed by atoms with Crippen LogP contribution in [0.4, 0.5) is 0 Å². The van der Waals surface area contributed by atoms with Gasteiger partial charge in [0, 0.05) is 32.3 Å². The lowest BCUT2D eigenvalue weighted by Crippen LogP contribution is -2.55. The molecule has 4 rings (SSSR count). The number of aromatic nitrogens is 1. The van der Waals surface area contributed by atoms with E-state index in [9.17, 15) is 14.4 Å². The second kappa shape index (κ2) is 9.38. The molecule has 2 aliphatic rings. The topological polar surface area (TPSA) is 106 Å². The molecule has 168 valence electrons. The number of nitrogens with zero attached hydrogens (tertiary/aromatic N) is 3. The van der Waals surface area contributed by atoms with E-state index in [4.69, 9.17) is 10.5 Å². The number of primary amides is 1. The first-order valence-electron chi connectivity index (χ1n) is 11.0. The van der Waals surface area contributed by atoms with Crippen molar-refractivity contribution < 1.29 is 19.1 Å². The summed E-state index contributed by atoms with van der Waals surface area (Å²) in [6, 6.07) is 12.5. The lowest BCUT2D eigenvalue weighted by molar-refractivity contribution is -0.128. The van der Waals surface area contributed by atoms with Crippen LogP contribution in [0, 0.1) is 0 Å². The van der Waals surface area contributed by atoms with Gasteiger partial charge in [0.1, 0.15) is 17.8 Å². The van der Waals surface area contributed by atoms with Crippen molar-refractivity contribution in [3.63, 3.8) is 0 Å². The summed E-state index contributed by atoms with van der Waals surface area (Å²) in [5.41, 5.74) is 5.84. The molecule has 2 fully saturated rings. The van der Waals surface area contributed by atoms with E-state index in [1.54, 1.807) is 46.3 Å². The van der Waals surface area contributed by atoms with Crippen LogP contribution in [0.15, 0.2) is 48.7 Å². The van der Waals surface area contributed by atoms with Gasteiger partial charge in [0.05, 0.1) is 17.8 Å². The molecule has 8 nitrogen and oxygen atoms in total. The molecule has 3 heterocycles. The van der Waals surface area contributed by atoms with E-state index in [0.717, 1.165) is 13.0 Å². The number of likely N-dealkylation sites (tertiary alicyclic amines) is 2. The minimum absolute atomic E-state index is 0.142. The summed E-state index contributed by atoms with van der Waals surface area (Å²) in [4.78, 5) is 45.6. The lowest BCUT2D eigenvalue weighted by Gasteiger charge is -2.40. The molecule has 1 unspecified atom stereocenters. The third-order valence-corrected chi connectivity index (χ3v) is 6.31. The molecule has 1 atom stereocenters. The molecule has 1 aromatic carbocycles. The van der Waals surface area contributed by atoms with Gasteiger partial charge < -0.3 is 20.3 Å². The molecule has 2 N–H and O–H groups in total. The molecule has 0 saturated carbocycles. The van der Waals surface area contributed by atoms with Crippen LogP contribution in [0.1, 0.15) is 41.7 Å². The number of hydrogen-bond acceptors (Lipinski definition) is 5. The van der Waals surface area contributed by atoms with Crippen LogP contribution in [0.25, 0.3) is 0 Å². The third-order valence-electron chi connectivity index (χ3n) is 6.31. The summed E-state index contributed by atoms with van der Waals surface area (Å²) in [5, 5.41) is 0. The van der Waals surface area contributed by atoms with Crippen LogP contribution in [0.5, 0.6) is 5.75 Å². The number of amides is 3. The van der Waals surface area contributed by atoms with Gasteiger partial charge in [0.2, 0.25) is 11.8 Å². The highest BCUT2D eigenvalue weighted by Crippen LogP contribution is 2.34. The van der Waals surface area contributed by atoms with E-state index < -0.39 is 11.3 Å². The SMILES string of the molecule is NC(=O)C1(c2ccccn2)CCCN(C(=O)c2ccccc2OCCN2CCCC2=O)C1. The number of piperidine rings is 1. The van der Waals surface area contributed by atoms with Crippen molar-refractivity contribution in [2.75, 3.05) is 32.8 Å². The maximum atomic E-state index is 13.4. The monoisotopic (exact) mass is 436 g/mol. The van der Waals surface area contributed by atoms with Crippen LogP contribution in [0.2, 0.25) is 0 Å². The summed E-state index contributed by atoms with van der Waals surface area (Å²) < 4.78 is 5.90. The van der Waals surface area contributed by atoms with Crippen molar-refractivity contribution in [3.05, 3.63) is 59.9 Å². The van der Waals surface area contributed by atoms with Gasteiger partial charge in [0.25, 0.3) is 5.91 Å². The van der Waals surface area contributed by atoms with Crippen LogP contribution in [-0.4, -0.2) is 65.3 Å². The predicted molar refractivity (Wildman–Crippen MR) is 118 cm³/mol. The average Bonchev–Trinajstić information content (AvgIpc) is 3.24. The zero-order valence-corrected chi connectivity index (χ0v) is 18.0. The van der Waals surface area contributed by atoms with Crippen molar-refractivity contribution in [2.45, 2.75) is 31.1 Å². The fourth-order valence-corrected chi connectivity index (χ4v) is 4.56. The standard InChI is InChI=1S/C24H28N4O4/c25-23(31)24(20-9-3-4-12-26-20)11-6-14-28(17-24)22(30)18-7-1-2-8-19(18)32-16-15-27-13-5-10-21(27)29/h1-4,7-9,12H,5-6,10-11,13-17H2,(H2,25,31). The molecule has 3 amide bonds. The van der Waals surface area contributed by atoms with Crippen molar-refractivity contribution in [3.8, 4) is 5.75 Å². The van der Waals surface area contributed by atoms with E-state index in [2.05, 4.69) is 4.98 Å². The van der Waals surface area contributed by atoms with E-state index in [0.29, 0.717) is 56.0 Å². The first kappa shape index (κ1) is 21.8. The molecular formula is C24H28N4O4. The number of ether oxygens (including phenoxy) is 1. The number of benzene rings is 1. The Balaban J connectivity index is 1.50. The van der Waals surface area contributed by atoms with E-state index >= 15 is 0 Å². The maximum Gasteiger partial charge on any atom is 0.257 e. The average molecular weight is 437 g/mol. The number of hydrogen-bond donors (Lipinski definition) is 1. The van der Waals surface area contributed by atoms with Crippen molar-refractivity contribution in [1.29, 1.82) is 0 Å². The van der Waals surface area contributed by atoms with Crippen LogP contribution in [-0.2, 0) is 15.0 Å². The first-order valence-corrected chi connectivity index (χ1v) is 11.0. The Hall–Kier alpha value is -3.42. The molecule has 2 aliphatic heterocycles. The fourth-order valence-electron chi connectivity index (χ4n) is 4.56. The second-order valence-corrected chi connectivity index (χ2v) is 8.32. The quantitative estimate of drug-likeness (QED) is 0.712. The Morgan fingerprint density at radius 3 is 2.62 bits per heavy atom. The number of carbonyl (C=O) groups excluding carboxylic acids is 3. The van der Waals surface area contributed by atoms with Crippen LogP contribution in [0.3, 0.4) is 0 Å². The Kier molecular flexibility index (Phi) is 6.39. The van der Waals surface area contributed by atoms with Crippen molar-refractivity contribution >= 4 is 17.7 Å². The number of rotatable bonds is 7. The lowest BCUT2D eigenvalue weighted by atomic mass is 9.76. The van der Waals surface area contributed by atoms with Gasteiger partial charge in [0.15, 0.2) is 0 Å². The molecule has 2 aromatic rings. The van der Waals surface area contributed by atoms with Gasteiger partial charge in [-0.2, -0.15) is 0 Å². The van der Waals surface area contributed by atoms with E-state index in [1.807, 2.05) is 12.1 Å². The van der Waals surface area contributed by atoms with Gasteiger partial charge in [-0.15, -0.1) is 0 Å². The summed E-state index contributed by atoms with van der Waals surface area (Å²) in [5.74, 6) is -0.0755. The first-order chi connectivity index (χ1) is 15.5. The Bertz CT molecular complexity index is 997. The number of nitrogens with two attached hydrogens (primary N) is 1. The Morgan fingerprint density at radius 2 is 1.91 bits per heavy atom. The molecule has 0 bridgehead atoms. The van der Waals surface area contributed by atoms with Gasteiger partial charge in [-0.05, 0) is 43.5 Å². The number of carbonyl (C=O) groups is 3. The largest absolute Gasteiger partial charge is 0.491 e. The smallest absolute Gasteiger partial charge is 0.257 e. The molecular weight excluding hydrogens is 408 g/mol. The summed E-state index contributed by atoms with van der Waals surface area (Å²) in [6.45, 7) is 2.26. The predicted octanol–water partition coefficient (Wildman–Crippen LogP) is 1.74. The summed E-state index contributed by atoms with van der Waals surface area (Å²) in [7, 11) is 0. The number of pyridine rings is 1. The van der Waals surface area contributed by atoms with E-state index in [-0.39, 0.29) is 18.4 Å². The highest BCUT2D eigenvalue weighted by atomic mass is 16.5.